The van der Waals surface area contributed by atoms with E-state index in [1.54, 1.807) is 0 Å². The first-order chi connectivity index (χ1) is 8.16. The van der Waals surface area contributed by atoms with Crippen LogP contribution < -0.4 is 5.73 Å². The number of rotatable bonds is 3. The summed E-state index contributed by atoms with van der Waals surface area (Å²) in [5.41, 5.74) is 8.09. The summed E-state index contributed by atoms with van der Waals surface area (Å²) >= 11 is 2.18. The lowest BCUT2D eigenvalue weighted by molar-refractivity contribution is 0.846. The molecule has 0 aliphatic rings. The van der Waals surface area contributed by atoms with Crippen LogP contribution in [0.1, 0.15) is 17.1 Å². The van der Waals surface area contributed by atoms with Crippen molar-refractivity contribution < 1.29 is 0 Å². The Morgan fingerprint density at radius 2 is 1.82 bits per heavy atom. The third kappa shape index (κ3) is 3.15. The summed E-state index contributed by atoms with van der Waals surface area (Å²) in [4.78, 5) is 8.76. The van der Waals surface area contributed by atoms with E-state index in [4.69, 9.17) is 5.73 Å². The van der Waals surface area contributed by atoms with Gasteiger partial charge in [0, 0.05) is 6.42 Å². The molecule has 4 heteroatoms. The van der Waals surface area contributed by atoms with E-state index in [9.17, 15) is 0 Å². The fraction of sp³-hybridized carbons (Fsp3) is 0.231. The summed E-state index contributed by atoms with van der Waals surface area (Å²) in [6.45, 7) is 1.96. The van der Waals surface area contributed by atoms with Gasteiger partial charge in [0.25, 0.3) is 0 Å². The molecule has 2 rings (SSSR count). The van der Waals surface area contributed by atoms with Crippen LogP contribution in [0.4, 0.5) is 5.82 Å². The molecule has 0 saturated heterocycles. The van der Waals surface area contributed by atoms with Gasteiger partial charge in [-0.2, -0.15) is 0 Å². The van der Waals surface area contributed by atoms with Gasteiger partial charge in [0.15, 0.2) is 0 Å². The zero-order valence-corrected chi connectivity index (χ0v) is 11.8. The Morgan fingerprint density at radius 1 is 1.12 bits per heavy atom. The maximum Gasteiger partial charge on any atom is 0.140 e. The van der Waals surface area contributed by atoms with Crippen molar-refractivity contribution in [2.24, 2.45) is 0 Å². The van der Waals surface area contributed by atoms with Crippen molar-refractivity contribution in [1.82, 2.24) is 9.97 Å². The first-order valence-corrected chi connectivity index (χ1v) is 6.57. The van der Waals surface area contributed by atoms with Crippen LogP contribution in [0.2, 0.25) is 0 Å². The van der Waals surface area contributed by atoms with Crippen molar-refractivity contribution in [2.75, 3.05) is 5.73 Å². The molecule has 1 heterocycles. The van der Waals surface area contributed by atoms with E-state index in [0.717, 1.165) is 27.9 Å². The molecule has 0 unspecified atom stereocenters. The Kier molecular flexibility index (Phi) is 3.93. The van der Waals surface area contributed by atoms with Crippen LogP contribution in [0.3, 0.4) is 0 Å². The van der Waals surface area contributed by atoms with Gasteiger partial charge < -0.3 is 5.73 Å². The molecule has 0 fully saturated rings. The van der Waals surface area contributed by atoms with Crippen molar-refractivity contribution in [3.63, 3.8) is 0 Å². The van der Waals surface area contributed by atoms with Crippen LogP contribution in [0.5, 0.6) is 0 Å². The standard InChI is InChI=1S/C13H14IN3/c1-9-12(14)13(15)17-11(16-9)8-7-10-5-3-2-4-6-10/h2-6H,7-8H2,1H3,(H2,15,16,17). The number of nitrogens with two attached hydrogens (primary N) is 1. The van der Waals surface area contributed by atoms with E-state index in [2.05, 4.69) is 44.7 Å². The lowest BCUT2D eigenvalue weighted by Crippen LogP contribution is -2.06. The average molecular weight is 339 g/mol. The maximum absolute atomic E-state index is 5.83. The highest BCUT2D eigenvalue weighted by atomic mass is 127. The lowest BCUT2D eigenvalue weighted by atomic mass is 10.1. The number of aryl methyl sites for hydroxylation is 3. The van der Waals surface area contributed by atoms with Gasteiger partial charge in [0.2, 0.25) is 0 Å². The Bertz CT molecular complexity index is 488. The molecule has 1 aromatic heterocycles. The highest BCUT2D eigenvalue weighted by molar-refractivity contribution is 14.1. The second-order valence-corrected chi connectivity index (χ2v) is 4.99. The maximum atomic E-state index is 5.83. The molecule has 0 bridgehead atoms. The van der Waals surface area contributed by atoms with E-state index < -0.39 is 0 Å². The van der Waals surface area contributed by atoms with Gasteiger partial charge in [-0.25, -0.2) is 9.97 Å². The van der Waals surface area contributed by atoms with Gasteiger partial charge in [0.05, 0.1) is 9.26 Å². The van der Waals surface area contributed by atoms with Gasteiger partial charge in [-0.3, -0.25) is 0 Å². The Balaban J connectivity index is 2.10. The number of anilines is 1. The van der Waals surface area contributed by atoms with Crippen molar-refractivity contribution in [3.05, 3.63) is 51.0 Å². The molecule has 0 saturated carbocycles. The summed E-state index contributed by atoms with van der Waals surface area (Å²) in [7, 11) is 0. The lowest BCUT2D eigenvalue weighted by Gasteiger charge is -2.05. The molecule has 17 heavy (non-hydrogen) atoms. The second-order valence-electron chi connectivity index (χ2n) is 3.91. The van der Waals surface area contributed by atoms with Crippen LogP contribution in [0.25, 0.3) is 0 Å². The molecule has 0 atom stereocenters. The largest absolute Gasteiger partial charge is 0.383 e. The Hall–Kier alpha value is -1.17. The van der Waals surface area contributed by atoms with E-state index in [-0.39, 0.29) is 0 Å². The Morgan fingerprint density at radius 3 is 2.47 bits per heavy atom. The van der Waals surface area contributed by atoms with Crippen LogP contribution in [-0.2, 0) is 12.8 Å². The predicted molar refractivity (Wildman–Crippen MR) is 77.7 cm³/mol. The van der Waals surface area contributed by atoms with Gasteiger partial charge in [-0.15, -0.1) is 0 Å². The van der Waals surface area contributed by atoms with E-state index in [1.807, 2.05) is 25.1 Å². The van der Waals surface area contributed by atoms with Gasteiger partial charge >= 0.3 is 0 Å². The van der Waals surface area contributed by atoms with Gasteiger partial charge in [0.1, 0.15) is 11.6 Å². The fourth-order valence-corrected chi connectivity index (χ4v) is 1.89. The summed E-state index contributed by atoms with van der Waals surface area (Å²) in [6.07, 6.45) is 1.77. The normalized spacial score (nSPS) is 10.5. The highest BCUT2D eigenvalue weighted by Crippen LogP contribution is 2.16. The van der Waals surface area contributed by atoms with Gasteiger partial charge in [-0.1, -0.05) is 30.3 Å². The first-order valence-electron chi connectivity index (χ1n) is 5.49. The van der Waals surface area contributed by atoms with Crippen LogP contribution in [-0.4, -0.2) is 9.97 Å². The molecule has 2 N–H and O–H groups in total. The highest BCUT2D eigenvalue weighted by Gasteiger charge is 2.06. The minimum Gasteiger partial charge on any atom is -0.383 e. The van der Waals surface area contributed by atoms with Crippen molar-refractivity contribution in [1.29, 1.82) is 0 Å². The minimum atomic E-state index is 0.584. The third-order valence-electron chi connectivity index (χ3n) is 2.57. The molecule has 2 aromatic rings. The minimum absolute atomic E-state index is 0.584. The summed E-state index contributed by atoms with van der Waals surface area (Å²) < 4.78 is 0.950. The number of hydrogen-bond acceptors (Lipinski definition) is 3. The molecule has 1 aromatic carbocycles. The average Bonchev–Trinajstić information content (AvgIpc) is 2.34. The number of nitrogen functional groups attached to an aromatic ring is 1. The summed E-state index contributed by atoms with van der Waals surface area (Å²) in [5.74, 6) is 1.41. The molecule has 0 radical (unpaired) electrons. The molecule has 0 aliphatic heterocycles. The first kappa shape index (κ1) is 12.3. The van der Waals surface area contributed by atoms with Crippen LogP contribution in [0, 0.1) is 10.5 Å². The number of benzene rings is 1. The fourth-order valence-electron chi connectivity index (χ4n) is 1.65. The smallest absolute Gasteiger partial charge is 0.140 e. The zero-order chi connectivity index (χ0) is 12.3. The molecule has 0 amide bonds. The number of nitrogens with zero attached hydrogens (tertiary/aromatic N) is 2. The van der Waals surface area contributed by atoms with Crippen LogP contribution >= 0.6 is 22.6 Å². The molecule has 0 spiro atoms. The third-order valence-corrected chi connectivity index (χ3v) is 3.90. The van der Waals surface area contributed by atoms with Gasteiger partial charge in [-0.05, 0) is 41.5 Å². The number of hydrogen-bond donors (Lipinski definition) is 1. The van der Waals surface area contributed by atoms with E-state index in [0.29, 0.717) is 5.82 Å². The van der Waals surface area contributed by atoms with Crippen molar-refractivity contribution in [2.45, 2.75) is 19.8 Å². The molecule has 0 aliphatic carbocycles. The quantitative estimate of drug-likeness (QED) is 0.875. The molecular weight excluding hydrogens is 325 g/mol. The van der Waals surface area contributed by atoms with E-state index >= 15 is 0 Å². The summed E-state index contributed by atoms with van der Waals surface area (Å²) in [6, 6.07) is 10.3. The molecule has 3 nitrogen and oxygen atoms in total. The second kappa shape index (κ2) is 5.44. The predicted octanol–water partition coefficient (Wildman–Crippen LogP) is 2.76. The van der Waals surface area contributed by atoms with Crippen molar-refractivity contribution >= 4 is 28.4 Å². The molecule has 88 valence electrons. The number of aromatic nitrogens is 2. The summed E-state index contributed by atoms with van der Waals surface area (Å²) in [5, 5.41) is 0. The topological polar surface area (TPSA) is 51.8 Å². The monoisotopic (exact) mass is 339 g/mol. The Labute approximate surface area is 115 Å². The number of halogens is 1. The SMILES string of the molecule is Cc1nc(CCc2ccccc2)nc(N)c1I. The molecular formula is C13H14IN3. The van der Waals surface area contributed by atoms with Crippen LogP contribution in [0.15, 0.2) is 30.3 Å². The van der Waals surface area contributed by atoms with E-state index in [1.165, 1.54) is 5.56 Å². The zero-order valence-electron chi connectivity index (χ0n) is 9.65. The van der Waals surface area contributed by atoms with Crippen molar-refractivity contribution in [3.8, 4) is 0 Å².